The highest BCUT2D eigenvalue weighted by Crippen LogP contribution is 2.25. The van der Waals surface area contributed by atoms with Crippen LogP contribution in [0.1, 0.15) is 17.5 Å². The zero-order valence-corrected chi connectivity index (χ0v) is 13.6. The lowest BCUT2D eigenvalue weighted by Crippen LogP contribution is -2.28. The van der Waals surface area contributed by atoms with Gasteiger partial charge in [-0.3, -0.25) is 9.59 Å². The summed E-state index contributed by atoms with van der Waals surface area (Å²) in [6.07, 6.45) is -0.356. The Bertz CT molecular complexity index is 747. The second-order valence-corrected chi connectivity index (χ2v) is 5.30. The van der Waals surface area contributed by atoms with Crippen molar-refractivity contribution in [3.8, 4) is 5.75 Å². The van der Waals surface area contributed by atoms with E-state index in [4.69, 9.17) is 4.74 Å². The van der Waals surface area contributed by atoms with Crippen LogP contribution in [0.2, 0.25) is 0 Å². The van der Waals surface area contributed by atoms with Gasteiger partial charge in [0.15, 0.2) is 0 Å². The first kappa shape index (κ1) is 17.5. The van der Waals surface area contributed by atoms with Gasteiger partial charge in [0, 0.05) is 12.1 Å². The highest BCUT2D eigenvalue weighted by molar-refractivity contribution is 6.04. The van der Waals surface area contributed by atoms with Crippen molar-refractivity contribution in [2.75, 3.05) is 12.4 Å². The maximum absolute atomic E-state index is 13.5. The molecule has 0 fully saturated rings. The topological polar surface area (TPSA) is 67.4 Å². The van der Waals surface area contributed by atoms with E-state index in [1.807, 2.05) is 13.0 Å². The molecule has 2 N–H and O–H groups in total. The first-order valence-electron chi connectivity index (χ1n) is 7.44. The summed E-state index contributed by atoms with van der Waals surface area (Å²) >= 11 is 0. The lowest BCUT2D eigenvalue weighted by molar-refractivity contribution is -0.126. The van der Waals surface area contributed by atoms with Crippen molar-refractivity contribution in [1.29, 1.82) is 0 Å². The molecule has 0 aliphatic rings. The number of carbonyl (C=O) groups excluding carboxylic acids is 2. The van der Waals surface area contributed by atoms with Crippen LogP contribution in [0, 0.1) is 12.7 Å². The molecule has 0 bridgehead atoms. The zero-order valence-electron chi connectivity index (χ0n) is 13.6. The van der Waals surface area contributed by atoms with Crippen LogP contribution >= 0.6 is 0 Å². The summed E-state index contributed by atoms with van der Waals surface area (Å²) in [5.74, 6) is -0.834. The molecule has 24 heavy (non-hydrogen) atoms. The van der Waals surface area contributed by atoms with Gasteiger partial charge in [-0.05, 0) is 30.7 Å². The van der Waals surface area contributed by atoms with Crippen LogP contribution in [-0.2, 0) is 16.1 Å². The molecule has 0 aliphatic carbocycles. The van der Waals surface area contributed by atoms with Gasteiger partial charge in [0.2, 0.25) is 11.8 Å². The predicted octanol–water partition coefficient (Wildman–Crippen LogP) is 2.79. The van der Waals surface area contributed by atoms with Crippen molar-refractivity contribution in [1.82, 2.24) is 5.32 Å². The SMILES string of the molecule is COc1ccc(C)cc1NC(=O)CC(=O)NCc1ccccc1F. The number of anilines is 1. The third-order valence-corrected chi connectivity index (χ3v) is 3.38. The highest BCUT2D eigenvalue weighted by Gasteiger charge is 2.12. The Morgan fingerprint density at radius 2 is 1.88 bits per heavy atom. The van der Waals surface area contributed by atoms with Gasteiger partial charge < -0.3 is 15.4 Å². The van der Waals surface area contributed by atoms with Crippen molar-refractivity contribution >= 4 is 17.5 Å². The van der Waals surface area contributed by atoms with E-state index in [2.05, 4.69) is 10.6 Å². The highest BCUT2D eigenvalue weighted by atomic mass is 19.1. The van der Waals surface area contributed by atoms with Crippen LogP contribution in [0.15, 0.2) is 42.5 Å². The van der Waals surface area contributed by atoms with Crippen molar-refractivity contribution in [3.05, 3.63) is 59.4 Å². The first-order valence-corrected chi connectivity index (χ1v) is 7.44. The van der Waals surface area contributed by atoms with Crippen LogP contribution in [0.25, 0.3) is 0 Å². The Morgan fingerprint density at radius 3 is 2.58 bits per heavy atom. The molecule has 2 aromatic carbocycles. The number of ether oxygens (including phenoxy) is 1. The molecule has 0 spiro atoms. The minimum atomic E-state index is -0.484. The van der Waals surface area contributed by atoms with Crippen LogP contribution in [-0.4, -0.2) is 18.9 Å². The lowest BCUT2D eigenvalue weighted by Gasteiger charge is -2.11. The molecule has 0 saturated heterocycles. The van der Waals surface area contributed by atoms with Crippen molar-refractivity contribution < 1.29 is 18.7 Å². The molecular weight excluding hydrogens is 311 g/mol. The third-order valence-electron chi connectivity index (χ3n) is 3.38. The van der Waals surface area contributed by atoms with Gasteiger partial charge in [0.25, 0.3) is 0 Å². The maximum atomic E-state index is 13.5. The zero-order chi connectivity index (χ0) is 17.5. The molecule has 2 aromatic rings. The largest absolute Gasteiger partial charge is 0.495 e. The van der Waals surface area contributed by atoms with E-state index in [-0.39, 0.29) is 13.0 Å². The van der Waals surface area contributed by atoms with Crippen LogP contribution in [0.3, 0.4) is 0 Å². The van der Waals surface area contributed by atoms with Crippen molar-refractivity contribution in [3.63, 3.8) is 0 Å². The fraction of sp³-hybridized carbons (Fsp3) is 0.222. The predicted molar refractivity (Wildman–Crippen MR) is 89.2 cm³/mol. The Balaban J connectivity index is 1.89. The van der Waals surface area contributed by atoms with Gasteiger partial charge in [0.1, 0.15) is 18.0 Å². The number of methoxy groups -OCH3 is 1. The molecule has 2 rings (SSSR count). The average molecular weight is 330 g/mol. The average Bonchev–Trinajstić information content (AvgIpc) is 2.54. The number of rotatable bonds is 6. The molecule has 0 heterocycles. The standard InChI is InChI=1S/C18H19FN2O3/c1-12-7-8-16(24-2)15(9-12)21-18(23)10-17(22)20-11-13-5-3-4-6-14(13)19/h3-9H,10-11H2,1-2H3,(H,20,22)(H,21,23). The molecule has 6 heteroatoms. The maximum Gasteiger partial charge on any atom is 0.233 e. The summed E-state index contributed by atoms with van der Waals surface area (Å²) in [4.78, 5) is 23.8. The Labute approximate surface area is 139 Å². The minimum absolute atomic E-state index is 0.0343. The van der Waals surface area contributed by atoms with E-state index >= 15 is 0 Å². The molecule has 126 valence electrons. The number of hydrogen-bond acceptors (Lipinski definition) is 3. The number of hydrogen-bond donors (Lipinski definition) is 2. The number of benzene rings is 2. The third kappa shape index (κ3) is 4.81. The minimum Gasteiger partial charge on any atom is -0.495 e. The van der Waals surface area contributed by atoms with Gasteiger partial charge in [-0.1, -0.05) is 24.3 Å². The second kappa shape index (κ2) is 8.10. The number of nitrogens with one attached hydrogen (secondary N) is 2. The molecule has 0 unspecified atom stereocenters. The number of carbonyl (C=O) groups is 2. The van der Waals surface area contributed by atoms with Crippen molar-refractivity contribution in [2.24, 2.45) is 0 Å². The van der Waals surface area contributed by atoms with E-state index in [1.165, 1.54) is 13.2 Å². The molecule has 0 radical (unpaired) electrons. The van der Waals surface area contributed by atoms with Crippen LogP contribution < -0.4 is 15.4 Å². The fourth-order valence-electron chi connectivity index (χ4n) is 2.16. The molecule has 0 saturated carbocycles. The molecule has 2 amide bonds. The normalized spacial score (nSPS) is 10.1. The summed E-state index contributed by atoms with van der Waals surface area (Å²) in [7, 11) is 1.50. The molecular formula is C18H19FN2O3. The summed E-state index contributed by atoms with van der Waals surface area (Å²) < 4.78 is 18.6. The van der Waals surface area contributed by atoms with Gasteiger partial charge in [0.05, 0.1) is 12.8 Å². The van der Waals surface area contributed by atoms with Gasteiger partial charge in [-0.2, -0.15) is 0 Å². The molecule has 0 atom stereocenters. The van der Waals surface area contributed by atoms with E-state index in [0.29, 0.717) is 17.0 Å². The Kier molecular flexibility index (Phi) is 5.89. The monoisotopic (exact) mass is 330 g/mol. The van der Waals surface area contributed by atoms with Crippen LogP contribution in [0.5, 0.6) is 5.75 Å². The number of halogens is 1. The van der Waals surface area contributed by atoms with E-state index in [1.54, 1.807) is 30.3 Å². The molecule has 5 nitrogen and oxygen atoms in total. The molecule has 0 aromatic heterocycles. The summed E-state index contributed by atoms with van der Waals surface area (Å²) in [5, 5.41) is 5.17. The quantitative estimate of drug-likeness (QED) is 0.800. The summed E-state index contributed by atoms with van der Waals surface area (Å²) in [6.45, 7) is 1.92. The fourth-order valence-corrected chi connectivity index (χ4v) is 2.16. The smallest absolute Gasteiger partial charge is 0.233 e. The Hall–Kier alpha value is -2.89. The van der Waals surface area contributed by atoms with E-state index in [9.17, 15) is 14.0 Å². The summed E-state index contributed by atoms with van der Waals surface area (Å²) in [5.41, 5.74) is 1.83. The van der Waals surface area contributed by atoms with E-state index < -0.39 is 17.6 Å². The van der Waals surface area contributed by atoms with Gasteiger partial charge in [-0.15, -0.1) is 0 Å². The lowest BCUT2D eigenvalue weighted by atomic mass is 10.2. The summed E-state index contributed by atoms with van der Waals surface area (Å²) in [6, 6.07) is 11.5. The van der Waals surface area contributed by atoms with Crippen molar-refractivity contribution in [2.45, 2.75) is 19.9 Å². The molecule has 0 aliphatic heterocycles. The van der Waals surface area contributed by atoms with E-state index in [0.717, 1.165) is 5.56 Å². The Morgan fingerprint density at radius 1 is 1.12 bits per heavy atom. The first-order chi connectivity index (χ1) is 11.5. The van der Waals surface area contributed by atoms with Gasteiger partial charge in [-0.25, -0.2) is 4.39 Å². The van der Waals surface area contributed by atoms with Gasteiger partial charge >= 0.3 is 0 Å². The number of amides is 2. The number of aryl methyl sites for hydroxylation is 1. The van der Waals surface area contributed by atoms with Crippen LogP contribution in [0.4, 0.5) is 10.1 Å². The second-order valence-electron chi connectivity index (χ2n) is 5.30.